The van der Waals surface area contributed by atoms with Crippen molar-refractivity contribution in [2.24, 2.45) is 4.99 Å². The second-order valence-electron chi connectivity index (χ2n) is 8.93. The first-order chi connectivity index (χ1) is 13.5. The van der Waals surface area contributed by atoms with Crippen LogP contribution in [0.3, 0.4) is 0 Å². The van der Waals surface area contributed by atoms with Crippen LogP contribution in [0.5, 0.6) is 0 Å². The molecule has 2 rings (SSSR count). The molecule has 2 saturated heterocycles. The molecule has 0 unspecified atom stereocenters. The second-order valence-corrected chi connectivity index (χ2v) is 8.93. The number of hydrogen-bond donors (Lipinski definition) is 2. The molecule has 0 aromatic heterocycles. The molecule has 0 aliphatic carbocycles. The van der Waals surface area contributed by atoms with E-state index in [-0.39, 0.29) is 5.54 Å². The summed E-state index contributed by atoms with van der Waals surface area (Å²) in [4.78, 5) is 10.3. The number of ether oxygens (including phenoxy) is 1. The van der Waals surface area contributed by atoms with Gasteiger partial charge in [-0.1, -0.05) is 0 Å². The van der Waals surface area contributed by atoms with E-state index in [0.717, 1.165) is 64.6 Å². The molecule has 6 nitrogen and oxygen atoms in total. The first kappa shape index (κ1) is 23.4. The smallest absolute Gasteiger partial charge is 0.191 e. The molecular formula is C22H45N5O. The summed E-state index contributed by atoms with van der Waals surface area (Å²) in [6.07, 6.45) is 5.99. The van der Waals surface area contributed by atoms with E-state index in [2.05, 4.69) is 55.1 Å². The molecular weight excluding hydrogens is 350 g/mol. The van der Waals surface area contributed by atoms with E-state index in [1.54, 1.807) is 0 Å². The summed E-state index contributed by atoms with van der Waals surface area (Å²) >= 11 is 0. The number of aliphatic imine (C=N–C) groups is 1. The summed E-state index contributed by atoms with van der Waals surface area (Å²) in [7, 11) is 0. The van der Waals surface area contributed by atoms with Crippen molar-refractivity contribution in [1.29, 1.82) is 0 Å². The topological polar surface area (TPSA) is 52.1 Å². The lowest BCUT2D eigenvalue weighted by atomic mass is 9.88. The van der Waals surface area contributed by atoms with E-state index in [9.17, 15) is 0 Å². The van der Waals surface area contributed by atoms with E-state index in [1.807, 2.05) is 0 Å². The van der Waals surface area contributed by atoms with Crippen molar-refractivity contribution in [3.63, 3.8) is 0 Å². The zero-order valence-corrected chi connectivity index (χ0v) is 19.1. The van der Waals surface area contributed by atoms with Crippen LogP contribution in [0.2, 0.25) is 0 Å². The van der Waals surface area contributed by atoms with Crippen molar-refractivity contribution in [2.45, 2.75) is 84.3 Å². The van der Waals surface area contributed by atoms with Crippen molar-refractivity contribution in [3.8, 4) is 0 Å². The summed E-state index contributed by atoms with van der Waals surface area (Å²) in [5.74, 6) is 0.966. The monoisotopic (exact) mass is 395 g/mol. The lowest BCUT2D eigenvalue weighted by molar-refractivity contribution is -0.0139. The third-order valence-electron chi connectivity index (χ3n) is 6.29. The quantitative estimate of drug-likeness (QED) is 0.338. The SMILES string of the molecule is CCNC(=NCC1(N2CCCC2)CCOCC1)NCCCN(C(C)C)C(C)C. The van der Waals surface area contributed by atoms with E-state index in [0.29, 0.717) is 12.1 Å². The Bertz CT molecular complexity index is 446. The van der Waals surface area contributed by atoms with Gasteiger partial charge in [-0.05, 0) is 79.8 Å². The van der Waals surface area contributed by atoms with Crippen LogP contribution in [0.4, 0.5) is 0 Å². The highest BCUT2D eigenvalue weighted by Crippen LogP contribution is 2.31. The normalized spacial score (nSPS) is 21.1. The van der Waals surface area contributed by atoms with Crippen LogP contribution >= 0.6 is 0 Å². The summed E-state index contributed by atoms with van der Waals surface area (Å²) in [6.45, 7) is 19.3. The van der Waals surface area contributed by atoms with Gasteiger partial charge in [0.05, 0.1) is 6.54 Å². The Morgan fingerprint density at radius 1 is 1.07 bits per heavy atom. The molecule has 2 fully saturated rings. The summed E-state index contributed by atoms with van der Waals surface area (Å²) in [5.41, 5.74) is 0.198. The van der Waals surface area contributed by atoms with Crippen molar-refractivity contribution in [2.75, 3.05) is 52.5 Å². The van der Waals surface area contributed by atoms with Crippen LogP contribution in [0.15, 0.2) is 4.99 Å². The molecule has 6 heteroatoms. The minimum Gasteiger partial charge on any atom is -0.381 e. The molecule has 2 aliphatic heterocycles. The standard InChI is InChI=1S/C22H45N5O/c1-6-23-21(24-12-9-15-27(19(2)3)20(4)5)25-18-22(10-16-28-17-11-22)26-13-7-8-14-26/h19-20H,6-18H2,1-5H3,(H2,23,24,25). The molecule has 2 aliphatic rings. The van der Waals surface area contributed by atoms with E-state index in [4.69, 9.17) is 9.73 Å². The van der Waals surface area contributed by atoms with Crippen molar-refractivity contribution < 1.29 is 4.74 Å². The molecule has 0 spiro atoms. The van der Waals surface area contributed by atoms with Gasteiger partial charge in [-0.15, -0.1) is 0 Å². The largest absolute Gasteiger partial charge is 0.381 e. The highest BCUT2D eigenvalue weighted by Gasteiger charge is 2.39. The number of nitrogens with one attached hydrogen (secondary N) is 2. The van der Waals surface area contributed by atoms with Crippen LogP contribution in [0, 0.1) is 0 Å². The molecule has 0 aromatic carbocycles. The minimum absolute atomic E-state index is 0.198. The Balaban J connectivity index is 1.89. The lowest BCUT2D eigenvalue weighted by Crippen LogP contribution is -2.54. The van der Waals surface area contributed by atoms with E-state index < -0.39 is 0 Å². The second kappa shape index (κ2) is 12.0. The first-order valence-corrected chi connectivity index (χ1v) is 11.6. The Morgan fingerprint density at radius 2 is 1.71 bits per heavy atom. The zero-order chi connectivity index (χ0) is 20.4. The van der Waals surface area contributed by atoms with Crippen LogP contribution in [0.25, 0.3) is 0 Å². The van der Waals surface area contributed by atoms with Crippen molar-refractivity contribution in [1.82, 2.24) is 20.4 Å². The van der Waals surface area contributed by atoms with E-state index >= 15 is 0 Å². The summed E-state index contributed by atoms with van der Waals surface area (Å²) < 4.78 is 5.67. The van der Waals surface area contributed by atoms with Gasteiger partial charge in [0.25, 0.3) is 0 Å². The molecule has 0 atom stereocenters. The van der Waals surface area contributed by atoms with Gasteiger partial charge in [0, 0.05) is 50.5 Å². The highest BCUT2D eigenvalue weighted by molar-refractivity contribution is 5.79. The highest BCUT2D eigenvalue weighted by atomic mass is 16.5. The Kier molecular flexibility index (Phi) is 10.0. The van der Waals surface area contributed by atoms with Gasteiger partial charge < -0.3 is 15.4 Å². The number of rotatable bonds is 10. The molecule has 0 bridgehead atoms. The van der Waals surface area contributed by atoms with E-state index in [1.165, 1.54) is 25.9 Å². The Hall–Kier alpha value is -0.850. The lowest BCUT2D eigenvalue weighted by Gasteiger charge is -2.43. The molecule has 164 valence electrons. The summed E-state index contributed by atoms with van der Waals surface area (Å²) in [6, 6.07) is 1.19. The fraction of sp³-hybridized carbons (Fsp3) is 0.955. The number of hydrogen-bond acceptors (Lipinski definition) is 4. The minimum atomic E-state index is 0.198. The zero-order valence-electron chi connectivity index (χ0n) is 19.1. The van der Waals surface area contributed by atoms with Gasteiger partial charge in [0.2, 0.25) is 0 Å². The number of nitrogens with zero attached hydrogens (tertiary/aromatic N) is 3. The van der Waals surface area contributed by atoms with Gasteiger partial charge >= 0.3 is 0 Å². The fourth-order valence-corrected chi connectivity index (χ4v) is 4.67. The molecule has 0 aromatic rings. The fourth-order valence-electron chi connectivity index (χ4n) is 4.67. The molecule has 0 radical (unpaired) electrons. The third-order valence-corrected chi connectivity index (χ3v) is 6.29. The summed E-state index contributed by atoms with van der Waals surface area (Å²) in [5, 5.41) is 7.00. The number of likely N-dealkylation sites (tertiary alicyclic amines) is 1. The maximum absolute atomic E-state index is 5.67. The maximum atomic E-state index is 5.67. The maximum Gasteiger partial charge on any atom is 0.191 e. The predicted octanol–water partition coefficient (Wildman–Crippen LogP) is 2.70. The van der Waals surface area contributed by atoms with Crippen LogP contribution in [-0.2, 0) is 4.74 Å². The number of guanidine groups is 1. The van der Waals surface area contributed by atoms with Gasteiger partial charge in [-0.25, -0.2) is 0 Å². The Labute approximate surface area is 173 Å². The van der Waals surface area contributed by atoms with Gasteiger partial charge in [0.15, 0.2) is 5.96 Å². The van der Waals surface area contributed by atoms with Gasteiger partial charge in [-0.3, -0.25) is 14.8 Å². The predicted molar refractivity (Wildman–Crippen MR) is 119 cm³/mol. The third kappa shape index (κ3) is 6.89. The van der Waals surface area contributed by atoms with Crippen molar-refractivity contribution >= 4 is 5.96 Å². The molecule has 0 saturated carbocycles. The first-order valence-electron chi connectivity index (χ1n) is 11.6. The Morgan fingerprint density at radius 3 is 2.29 bits per heavy atom. The molecule has 2 N–H and O–H groups in total. The van der Waals surface area contributed by atoms with Crippen LogP contribution in [0.1, 0.15) is 66.7 Å². The van der Waals surface area contributed by atoms with Crippen molar-refractivity contribution in [3.05, 3.63) is 0 Å². The van der Waals surface area contributed by atoms with Gasteiger partial charge in [0.1, 0.15) is 0 Å². The van der Waals surface area contributed by atoms with Crippen LogP contribution < -0.4 is 10.6 Å². The molecule has 2 heterocycles. The molecule has 28 heavy (non-hydrogen) atoms. The molecule has 0 amide bonds. The average Bonchev–Trinajstić information content (AvgIpc) is 3.21. The van der Waals surface area contributed by atoms with Gasteiger partial charge in [-0.2, -0.15) is 0 Å². The average molecular weight is 396 g/mol. The van der Waals surface area contributed by atoms with Crippen LogP contribution in [-0.4, -0.2) is 85.9 Å².